The highest BCUT2D eigenvalue weighted by Gasteiger charge is 2.12. The number of pyridine rings is 1. The number of amides is 1. The van der Waals surface area contributed by atoms with Gasteiger partial charge in [0.2, 0.25) is 0 Å². The first-order valence-electron chi connectivity index (χ1n) is 5.75. The fourth-order valence-electron chi connectivity index (χ4n) is 1.44. The van der Waals surface area contributed by atoms with Gasteiger partial charge in [-0.3, -0.25) is 4.79 Å². The zero-order chi connectivity index (χ0) is 13.0. The second-order valence-electron chi connectivity index (χ2n) is 3.80. The predicted molar refractivity (Wildman–Crippen MR) is 69.3 cm³/mol. The Morgan fingerprint density at radius 2 is 1.94 bits per heavy atom. The van der Waals surface area contributed by atoms with Crippen molar-refractivity contribution in [3.8, 4) is 0 Å². The molecule has 4 heteroatoms. The molecule has 0 aromatic carbocycles. The Morgan fingerprint density at radius 3 is 2.53 bits per heavy atom. The molecule has 0 bridgehead atoms. The second-order valence-corrected chi connectivity index (χ2v) is 3.80. The first kappa shape index (κ1) is 13.2. The lowest BCUT2D eigenvalue weighted by molar-refractivity contribution is 0.0821. The summed E-state index contributed by atoms with van der Waals surface area (Å²) in [6.07, 6.45) is 1.86. The summed E-state index contributed by atoms with van der Waals surface area (Å²) in [5, 5.41) is 4.20. The van der Waals surface area contributed by atoms with Crippen molar-refractivity contribution < 1.29 is 4.79 Å². The van der Waals surface area contributed by atoms with Crippen LogP contribution in [0.3, 0.4) is 0 Å². The average molecular weight is 233 g/mol. The summed E-state index contributed by atoms with van der Waals surface area (Å²) in [5.41, 5.74) is 2.58. The van der Waals surface area contributed by atoms with Gasteiger partial charge in [-0.1, -0.05) is 13.8 Å². The topological polar surface area (TPSA) is 37.6 Å². The van der Waals surface area contributed by atoms with E-state index in [4.69, 9.17) is 0 Å². The number of nitrogens with zero attached hydrogens (tertiary/aromatic N) is 3. The normalized spacial score (nSPS) is 9.71. The second kappa shape index (κ2) is 5.48. The van der Waals surface area contributed by atoms with Crippen LogP contribution in [0, 0.1) is 6.92 Å². The lowest BCUT2D eigenvalue weighted by Crippen LogP contribution is -2.22. The number of aryl methyl sites for hydroxylation is 1. The maximum Gasteiger partial charge on any atom is 0.273 e. The quantitative estimate of drug-likeness (QED) is 0.758. The Balaban J connectivity index is 0.000000686. The van der Waals surface area contributed by atoms with Crippen LogP contribution in [0.25, 0.3) is 5.52 Å². The highest BCUT2D eigenvalue weighted by atomic mass is 16.2. The van der Waals surface area contributed by atoms with E-state index in [9.17, 15) is 4.79 Å². The van der Waals surface area contributed by atoms with Crippen LogP contribution in [0.5, 0.6) is 0 Å². The van der Waals surface area contributed by atoms with Gasteiger partial charge in [0.05, 0.1) is 5.52 Å². The van der Waals surface area contributed by atoms with Crippen molar-refractivity contribution in [2.24, 2.45) is 0 Å². The van der Waals surface area contributed by atoms with E-state index in [0.717, 1.165) is 11.1 Å². The molecule has 2 rings (SSSR count). The van der Waals surface area contributed by atoms with Crippen molar-refractivity contribution in [3.63, 3.8) is 0 Å². The molecule has 4 nitrogen and oxygen atoms in total. The van der Waals surface area contributed by atoms with Crippen molar-refractivity contribution in [1.29, 1.82) is 0 Å². The van der Waals surface area contributed by atoms with Gasteiger partial charge in [-0.2, -0.15) is 5.10 Å². The minimum atomic E-state index is -0.0728. The van der Waals surface area contributed by atoms with Crippen LogP contribution < -0.4 is 0 Å². The summed E-state index contributed by atoms with van der Waals surface area (Å²) < 4.78 is 1.71. The lowest BCUT2D eigenvalue weighted by Gasteiger charge is -2.06. The third-order valence-electron chi connectivity index (χ3n) is 2.24. The molecule has 1 amide bonds. The SMILES string of the molecule is CC.Cc1ccn2nc(C(=O)N(C)C)cc2c1. The highest BCUT2D eigenvalue weighted by Crippen LogP contribution is 2.09. The Labute approximate surface area is 102 Å². The largest absolute Gasteiger partial charge is 0.343 e. The summed E-state index contributed by atoms with van der Waals surface area (Å²) in [4.78, 5) is 13.2. The molecule has 0 spiro atoms. The maximum absolute atomic E-state index is 11.6. The van der Waals surface area contributed by atoms with E-state index in [1.165, 1.54) is 4.90 Å². The minimum absolute atomic E-state index is 0.0728. The zero-order valence-corrected chi connectivity index (χ0v) is 11.1. The summed E-state index contributed by atoms with van der Waals surface area (Å²) in [7, 11) is 3.44. The Morgan fingerprint density at radius 1 is 1.29 bits per heavy atom. The van der Waals surface area contributed by atoms with Crippen molar-refractivity contribution in [2.75, 3.05) is 14.1 Å². The van der Waals surface area contributed by atoms with E-state index in [0.29, 0.717) is 5.69 Å². The van der Waals surface area contributed by atoms with Crippen molar-refractivity contribution in [1.82, 2.24) is 14.5 Å². The van der Waals surface area contributed by atoms with Crippen LogP contribution in [-0.4, -0.2) is 34.5 Å². The number of carbonyl (C=O) groups excluding carboxylic acids is 1. The molecule has 0 aliphatic rings. The first-order chi connectivity index (χ1) is 8.08. The van der Waals surface area contributed by atoms with Gasteiger partial charge in [-0.05, 0) is 30.7 Å². The fraction of sp³-hybridized carbons (Fsp3) is 0.385. The van der Waals surface area contributed by atoms with E-state index in [2.05, 4.69) is 5.10 Å². The van der Waals surface area contributed by atoms with E-state index in [1.807, 2.05) is 39.1 Å². The molecule has 17 heavy (non-hydrogen) atoms. The van der Waals surface area contributed by atoms with Crippen molar-refractivity contribution in [2.45, 2.75) is 20.8 Å². The monoisotopic (exact) mass is 233 g/mol. The Kier molecular flexibility index (Phi) is 4.26. The lowest BCUT2D eigenvalue weighted by atomic mass is 10.2. The predicted octanol–water partition coefficient (Wildman–Crippen LogP) is 2.37. The molecule has 0 aliphatic carbocycles. The van der Waals surface area contributed by atoms with Crippen LogP contribution >= 0.6 is 0 Å². The van der Waals surface area contributed by atoms with E-state index < -0.39 is 0 Å². The Bertz CT molecular complexity index is 514. The van der Waals surface area contributed by atoms with Gasteiger partial charge in [0.25, 0.3) is 5.91 Å². The molecular weight excluding hydrogens is 214 g/mol. The van der Waals surface area contributed by atoms with Crippen LogP contribution in [0.15, 0.2) is 24.4 Å². The molecule has 0 aliphatic heterocycles. The third-order valence-corrected chi connectivity index (χ3v) is 2.24. The van der Waals surface area contributed by atoms with Gasteiger partial charge in [0, 0.05) is 20.3 Å². The standard InChI is InChI=1S/C11H13N3O.C2H6/c1-8-4-5-14-9(6-8)7-10(12-14)11(15)13(2)3;1-2/h4-7H,1-3H3;1-2H3. The molecule has 0 radical (unpaired) electrons. The third kappa shape index (κ3) is 2.84. The molecule has 2 aromatic rings. The molecule has 92 valence electrons. The van der Waals surface area contributed by atoms with Gasteiger partial charge in [-0.25, -0.2) is 4.52 Å². The molecule has 0 atom stereocenters. The minimum Gasteiger partial charge on any atom is -0.343 e. The van der Waals surface area contributed by atoms with E-state index >= 15 is 0 Å². The van der Waals surface area contributed by atoms with Crippen LogP contribution in [-0.2, 0) is 0 Å². The molecule has 0 N–H and O–H groups in total. The summed E-state index contributed by atoms with van der Waals surface area (Å²) in [6.45, 7) is 6.01. The first-order valence-corrected chi connectivity index (χ1v) is 5.75. The summed E-state index contributed by atoms with van der Waals surface area (Å²) >= 11 is 0. The van der Waals surface area contributed by atoms with Gasteiger partial charge in [0.1, 0.15) is 0 Å². The number of aromatic nitrogens is 2. The van der Waals surface area contributed by atoms with Crippen molar-refractivity contribution in [3.05, 3.63) is 35.7 Å². The van der Waals surface area contributed by atoms with Gasteiger partial charge in [-0.15, -0.1) is 0 Å². The summed E-state index contributed by atoms with van der Waals surface area (Å²) in [6, 6.07) is 5.76. The van der Waals surface area contributed by atoms with E-state index in [-0.39, 0.29) is 5.91 Å². The van der Waals surface area contributed by atoms with Gasteiger partial charge >= 0.3 is 0 Å². The number of hydrogen-bond donors (Lipinski definition) is 0. The van der Waals surface area contributed by atoms with Crippen LogP contribution in [0.1, 0.15) is 29.9 Å². The number of fused-ring (bicyclic) bond motifs is 1. The molecule has 0 unspecified atom stereocenters. The van der Waals surface area contributed by atoms with Crippen molar-refractivity contribution >= 4 is 11.4 Å². The van der Waals surface area contributed by atoms with E-state index in [1.54, 1.807) is 24.7 Å². The molecule has 0 fully saturated rings. The highest BCUT2D eigenvalue weighted by molar-refractivity contribution is 5.93. The molecular formula is C13H19N3O. The van der Waals surface area contributed by atoms with Gasteiger partial charge < -0.3 is 4.90 Å². The molecule has 0 saturated carbocycles. The number of hydrogen-bond acceptors (Lipinski definition) is 2. The number of carbonyl (C=O) groups is 1. The number of rotatable bonds is 1. The zero-order valence-electron chi connectivity index (χ0n) is 11.1. The molecule has 2 heterocycles. The maximum atomic E-state index is 11.6. The molecule has 0 saturated heterocycles. The molecule has 2 aromatic heterocycles. The fourth-order valence-corrected chi connectivity index (χ4v) is 1.44. The summed E-state index contributed by atoms with van der Waals surface area (Å²) in [5.74, 6) is -0.0728. The average Bonchev–Trinajstić information content (AvgIpc) is 2.73. The Hall–Kier alpha value is -1.84. The van der Waals surface area contributed by atoms with Crippen LogP contribution in [0.4, 0.5) is 0 Å². The van der Waals surface area contributed by atoms with Crippen LogP contribution in [0.2, 0.25) is 0 Å². The van der Waals surface area contributed by atoms with Gasteiger partial charge in [0.15, 0.2) is 5.69 Å². The smallest absolute Gasteiger partial charge is 0.273 e.